The van der Waals surface area contributed by atoms with E-state index in [9.17, 15) is 19.8 Å². The van der Waals surface area contributed by atoms with Gasteiger partial charge in [0.1, 0.15) is 0 Å². The lowest BCUT2D eigenvalue weighted by Crippen LogP contribution is -2.45. The Morgan fingerprint density at radius 2 is 0.568 bits per heavy atom. The molecule has 0 saturated carbocycles. The number of aliphatic hydroxyl groups is 2. The zero-order valence-corrected chi connectivity index (χ0v) is 59.5. The van der Waals surface area contributed by atoms with Crippen molar-refractivity contribution in [1.82, 2.24) is 5.32 Å². The van der Waals surface area contributed by atoms with Crippen LogP contribution in [0.15, 0.2) is 48.6 Å². The molecule has 88 heavy (non-hydrogen) atoms. The number of esters is 1. The number of rotatable bonds is 75. The van der Waals surface area contributed by atoms with Crippen molar-refractivity contribution in [2.45, 2.75) is 450 Å². The van der Waals surface area contributed by atoms with E-state index in [-0.39, 0.29) is 18.5 Å². The summed E-state index contributed by atoms with van der Waals surface area (Å²) in [6.45, 7) is 4.92. The van der Waals surface area contributed by atoms with Crippen molar-refractivity contribution >= 4 is 11.9 Å². The third kappa shape index (κ3) is 72.9. The van der Waals surface area contributed by atoms with Crippen LogP contribution in [0.2, 0.25) is 0 Å². The summed E-state index contributed by atoms with van der Waals surface area (Å²) in [6.07, 6.45) is 102. The maximum absolute atomic E-state index is 12.5. The Kier molecular flexibility index (Phi) is 75.4. The van der Waals surface area contributed by atoms with Crippen LogP contribution >= 0.6 is 0 Å². The number of carbonyl (C=O) groups excluding carboxylic acids is 2. The summed E-state index contributed by atoms with van der Waals surface area (Å²) in [4.78, 5) is 24.6. The summed E-state index contributed by atoms with van der Waals surface area (Å²) in [6, 6.07) is -0.625. The third-order valence-corrected chi connectivity index (χ3v) is 18.6. The minimum atomic E-state index is -0.842. The van der Waals surface area contributed by atoms with Crippen LogP contribution in [-0.2, 0) is 14.3 Å². The zero-order chi connectivity index (χ0) is 63.5. The van der Waals surface area contributed by atoms with Gasteiger partial charge in [0.15, 0.2) is 0 Å². The number of hydrogen-bond donors (Lipinski definition) is 3. The lowest BCUT2D eigenvalue weighted by atomic mass is 10.0. The minimum Gasteiger partial charge on any atom is -0.466 e. The normalized spacial score (nSPS) is 12.7. The standard InChI is InChI=1S/C82H155NO5/c1-3-5-7-9-11-13-15-17-19-21-44-48-52-56-60-64-68-72-76-82(87)88-77-73-69-65-61-57-53-49-45-42-40-38-36-34-32-30-28-26-24-22-23-25-27-29-31-33-35-37-39-41-43-47-51-55-59-63-67-71-75-81(86)83-79(78-84)80(85)74-70-66-62-58-54-50-46-20-18-16-14-12-10-8-6-4-2/h13,15,19,21-22,24,70,74,79-80,84-85H,3-12,14,16-18,20,23,25-69,71-73,75-78H2,1-2H3,(H,83,86)/b15-13-,21-19-,24-22-,74-70+. The smallest absolute Gasteiger partial charge is 0.305 e. The molecule has 0 radical (unpaired) electrons. The Balaban J connectivity index is 3.34. The maximum atomic E-state index is 12.5. The second kappa shape index (κ2) is 77.3. The highest BCUT2D eigenvalue weighted by molar-refractivity contribution is 5.76. The van der Waals surface area contributed by atoms with Crippen LogP contribution in [0.25, 0.3) is 0 Å². The average molecular weight is 1240 g/mol. The Labute approximate surface area is 550 Å². The molecule has 0 aliphatic heterocycles. The highest BCUT2D eigenvalue weighted by atomic mass is 16.5. The first-order valence-electron chi connectivity index (χ1n) is 39.9. The summed E-state index contributed by atoms with van der Waals surface area (Å²) in [5.74, 6) is -0.0468. The average Bonchev–Trinajstić information content (AvgIpc) is 3.59. The highest BCUT2D eigenvalue weighted by Crippen LogP contribution is 2.19. The molecule has 6 nitrogen and oxygen atoms in total. The van der Waals surface area contributed by atoms with Crippen molar-refractivity contribution in [2.24, 2.45) is 0 Å². The first kappa shape index (κ1) is 85.8. The number of hydrogen-bond acceptors (Lipinski definition) is 5. The van der Waals surface area contributed by atoms with E-state index in [0.717, 1.165) is 51.4 Å². The number of carbonyl (C=O) groups is 2. The van der Waals surface area contributed by atoms with E-state index >= 15 is 0 Å². The second-order valence-electron chi connectivity index (χ2n) is 27.4. The minimum absolute atomic E-state index is 0.0143. The second-order valence-corrected chi connectivity index (χ2v) is 27.4. The molecule has 0 spiro atoms. The quantitative estimate of drug-likeness (QED) is 0.0320. The van der Waals surface area contributed by atoms with E-state index in [4.69, 9.17) is 4.74 Å². The molecule has 0 rings (SSSR count). The first-order valence-corrected chi connectivity index (χ1v) is 39.9. The number of ether oxygens (including phenoxy) is 1. The van der Waals surface area contributed by atoms with Crippen LogP contribution in [0.5, 0.6) is 0 Å². The Bertz CT molecular complexity index is 1470. The van der Waals surface area contributed by atoms with Gasteiger partial charge in [0, 0.05) is 12.8 Å². The van der Waals surface area contributed by atoms with Crippen molar-refractivity contribution in [2.75, 3.05) is 13.2 Å². The van der Waals surface area contributed by atoms with Crippen LogP contribution in [0, 0.1) is 0 Å². The molecule has 518 valence electrons. The molecule has 3 N–H and O–H groups in total. The van der Waals surface area contributed by atoms with Crippen molar-refractivity contribution < 1.29 is 24.5 Å². The molecule has 0 aromatic rings. The SMILES string of the molecule is CCCCCC/C=C\C/C=C\CCCCCCCCCC(=O)OCCCCCCCCCCCCCCCCCC/C=C\CCCCCCCCCCCCCCCCCCCC(=O)NC(CO)C(O)/C=C/CCCCCCCCCCCCCCCC. The number of unbranched alkanes of at least 4 members (excludes halogenated alkanes) is 58. The van der Waals surface area contributed by atoms with E-state index in [1.54, 1.807) is 6.08 Å². The van der Waals surface area contributed by atoms with Gasteiger partial charge in [-0.25, -0.2) is 0 Å². The largest absolute Gasteiger partial charge is 0.466 e. The number of amides is 1. The van der Waals surface area contributed by atoms with Gasteiger partial charge in [0.25, 0.3) is 0 Å². The van der Waals surface area contributed by atoms with E-state index < -0.39 is 12.1 Å². The van der Waals surface area contributed by atoms with Crippen LogP contribution in [0.4, 0.5) is 0 Å². The maximum Gasteiger partial charge on any atom is 0.305 e. The molecule has 0 bridgehead atoms. The molecule has 0 aliphatic rings. The molecule has 1 amide bonds. The number of aliphatic hydroxyl groups excluding tert-OH is 2. The van der Waals surface area contributed by atoms with Gasteiger partial charge in [-0.15, -0.1) is 0 Å². The fourth-order valence-corrected chi connectivity index (χ4v) is 12.5. The number of nitrogens with one attached hydrogen (secondary N) is 1. The highest BCUT2D eigenvalue weighted by Gasteiger charge is 2.18. The molecule has 2 atom stereocenters. The summed E-state index contributed by atoms with van der Waals surface area (Å²) in [7, 11) is 0. The molecule has 6 heteroatoms. The summed E-state index contributed by atoms with van der Waals surface area (Å²) in [5.41, 5.74) is 0. The van der Waals surface area contributed by atoms with Crippen LogP contribution in [0.1, 0.15) is 438 Å². The van der Waals surface area contributed by atoms with Crippen molar-refractivity contribution in [1.29, 1.82) is 0 Å². The van der Waals surface area contributed by atoms with Gasteiger partial charge >= 0.3 is 5.97 Å². The van der Waals surface area contributed by atoms with Gasteiger partial charge in [-0.05, 0) is 89.9 Å². The van der Waals surface area contributed by atoms with Gasteiger partial charge in [-0.1, -0.05) is 383 Å². The fourth-order valence-electron chi connectivity index (χ4n) is 12.5. The van der Waals surface area contributed by atoms with Crippen LogP contribution < -0.4 is 5.32 Å². The molecular formula is C82H155NO5. The van der Waals surface area contributed by atoms with Crippen LogP contribution in [0.3, 0.4) is 0 Å². The predicted molar refractivity (Wildman–Crippen MR) is 389 cm³/mol. The molecule has 0 saturated heterocycles. The molecule has 2 unspecified atom stereocenters. The van der Waals surface area contributed by atoms with Gasteiger partial charge < -0.3 is 20.3 Å². The molecule has 0 aromatic heterocycles. The van der Waals surface area contributed by atoms with Crippen molar-refractivity contribution in [3.05, 3.63) is 48.6 Å². The Morgan fingerprint density at radius 1 is 0.318 bits per heavy atom. The predicted octanol–water partition coefficient (Wildman–Crippen LogP) is 26.4. The van der Waals surface area contributed by atoms with Crippen molar-refractivity contribution in [3.8, 4) is 0 Å². The van der Waals surface area contributed by atoms with Gasteiger partial charge in [-0.2, -0.15) is 0 Å². The lowest BCUT2D eigenvalue weighted by Gasteiger charge is -2.20. The fraction of sp³-hybridized carbons (Fsp3) is 0.878. The van der Waals surface area contributed by atoms with E-state index in [0.29, 0.717) is 19.4 Å². The van der Waals surface area contributed by atoms with E-state index in [1.807, 2.05) is 6.08 Å². The topological polar surface area (TPSA) is 95.9 Å². The molecule has 0 heterocycles. The van der Waals surface area contributed by atoms with Gasteiger partial charge in [0.05, 0.1) is 25.4 Å². The Morgan fingerprint density at radius 3 is 0.886 bits per heavy atom. The third-order valence-electron chi connectivity index (χ3n) is 18.6. The van der Waals surface area contributed by atoms with E-state index in [1.165, 1.54) is 360 Å². The summed E-state index contributed by atoms with van der Waals surface area (Å²) in [5, 5.41) is 23.2. The molecule has 0 aliphatic carbocycles. The Hall–Kier alpha value is -2.18. The van der Waals surface area contributed by atoms with Gasteiger partial charge in [-0.3, -0.25) is 9.59 Å². The van der Waals surface area contributed by atoms with Crippen molar-refractivity contribution in [3.63, 3.8) is 0 Å². The zero-order valence-electron chi connectivity index (χ0n) is 59.5. The molecule has 0 fully saturated rings. The summed E-state index contributed by atoms with van der Waals surface area (Å²) >= 11 is 0. The monoisotopic (exact) mass is 1230 g/mol. The first-order chi connectivity index (χ1) is 43.5. The van der Waals surface area contributed by atoms with E-state index in [2.05, 4.69) is 55.6 Å². The summed E-state index contributed by atoms with van der Waals surface area (Å²) < 4.78 is 5.51. The van der Waals surface area contributed by atoms with Gasteiger partial charge in [0.2, 0.25) is 5.91 Å². The van der Waals surface area contributed by atoms with Crippen LogP contribution in [-0.4, -0.2) is 47.4 Å². The lowest BCUT2D eigenvalue weighted by molar-refractivity contribution is -0.143. The molecular weight excluding hydrogens is 1080 g/mol. The molecule has 0 aromatic carbocycles. The number of allylic oxidation sites excluding steroid dienone is 7.